The van der Waals surface area contributed by atoms with E-state index < -0.39 is 17.5 Å². The molecule has 148 valence electrons. The molecule has 28 heavy (non-hydrogen) atoms. The first-order chi connectivity index (χ1) is 13.3. The number of nitrogens with one attached hydrogen (secondary N) is 1. The molecule has 1 aromatic heterocycles. The molecule has 2 heterocycles. The lowest BCUT2D eigenvalue weighted by molar-refractivity contribution is -0.130. The summed E-state index contributed by atoms with van der Waals surface area (Å²) in [5, 5.41) is 2.67. The molecule has 1 aliphatic rings. The van der Waals surface area contributed by atoms with Gasteiger partial charge >= 0.3 is 0 Å². The van der Waals surface area contributed by atoms with Crippen molar-refractivity contribution in [3.05, 3.63) is 47.9 Å². The fraction of sp³-hybridized carbons (Fsp3) is 0.350. The summed E-state index contributed by atoms with van der Waals surface area (Å²) in [6.45, 7) is 2.83. The third kappa shape index (κ3) is 4.68. The van der Waals surface area contributed by atoms with Crippen LogP contribution in [-0.2, 0) is 9.59 Å². The molecule has 1 fully saturated rings. The third-order valence-electron chi connectivity index (χ3n) is 4.87. The molecule has 1 N–H and O–H groups in total. The van der Waals surface area contributed by atoms with E-state index in [0.29, 0.717) is 25.6 Å². The van der Waals surface area contributed by atoms with E-state index in [-0.39, 0.29) is 34.7 Å². The zero-order valence-corrected chi connectivity index (χ0v) is 15.3. The summed E-state index contributed by atoms with van der Waals surface area (Å²) >= 11 is 0. The second-order valence-electron chi connectivity index (χ2n) is 6.88. The molecule has 0 unspecified atom stereocenters. The number of hydrogen-bond acceptors (Lipinski definition) is 3. The largest absolute Gasteiger partial charge is 0.343 e. The van der Waals surface area contributed by atoms with E-state index in [2.05, 4.69) is 10.3 Å². The van der Waals surface area contributed by atoms with Crippen LogP contribution in [0.3, 0.4) is 0 Å². The molecule has 0 atom stereocenters. The molecular formula is C20H20F3N3O2. The maximum Gasteiger partial charge on any atom is 0.225 e. The van der Waals surface area contributed by atoms with E-state index in [0.717, 1.165) is 18.9 Å². The van der Waals surface area contributed by atoms with Crippen molar-refractivity contribution in [1.82, 2.24) is 9.88 Å². The van der Waals surface area contributed by atoms with Gasteiger partial charge in [0.15, 0.2) is 11.6 Å². The molecule has 2 amide bonds. The normalized spacial score (nSPS) is 14.8. The molecule has 0 aliphatic carbocycles. The first-order valence-corrected chi connectivity index (χ1v) is 9.00. The molecule has 0 radical (unpaired) electrons. The zero-order valence-electron chi connectivity index (χ0n) is 15.3. The van der Waals surface area contributed by atoms with Crippen LogP contribution in [0.5, 0.6) is 0 Å². The number of benzene rings is 1. The highest BCUT2D eigenvalue weighted by molar-refractivity contribution is 5.90. The van der Waals surface area contributed by atoms with Crippen LogP contribution in [0.4, 0.5) is 19.0 Å². The Hall–Kier alpha value is -2.90. The number of likely N-dealkylation sites (tertiary alicyclic amines) is 1. The number of amides is 2. The number of anilines is 1. The number of halogens is 3. The lowest BCUT2D eigenvalue weighted by atomic mass is 9.93. The average Bonchev–Trinajstić information content (AvgIpc) is 2.65. The lowest BCUT2D eigenvalue weighted by Crippen LogP contribution is -2.37. The summed E-state index contributed by atoms with van der Waals surface area (Å²) < 4.78 is 40.5. The van der Waals surface area contributed by atoms with E-state index in [1.807, 2.05) is 0 Å². The molecule has 8 heteroatoms. The van der Waals surface area contributed by atoms with Gasteiger partial charge in [-0.15, -0.1) is 0 Å². The number of carbonyl (C=O) groups is 2. The van der Waals surface area contributed by atoms with Crippen LogP contribution in [-0.4, -0.2) is 34.8 Å². The van der Waals surface area contributed by atoms with E-state index >= 15 is 0 Å². The lowest BCUT2D eigenvalue weighted by Gasteiger charge is -2.30. The molecule has 1 saturated heterocycles. The van der Waals surface area contributed by atoms with Crippen LogP contribution in [0.15, 0.2) is 30.5 Å². The summed E-state index contributed by atoms with van der Waals surface area (Å²) in [5.74, 6) is -3.01. The third-order valence-corrected chi connectivity index (χ3v) is 4.87. The number of carbonyl (C=O) groups excluding carboxylic acids is 2. The quantitative estimate of drug-likeness (QED) is 0.808. The van der Waals surface area contributed by atoms with Crippen molar-refractivity contribution < 1.29 is 22.8 Å². The Morgan fingerprint density at radius 2 is 1.89 bits per heavy atom. The molecule has 1 aliphatic heterocycles. The van der Waals surface area contributed by atoms with E-state index in [9.17, 15) is 22.8 Å². The number of pyridine rings is 1. The predicted molar refractivity (Wildman–Crippen MR) is 97.8 cm³/mol. The first-order valence-electron chi connectivity index (χ1n) is 9.00. The number of hydrogen-bond donors (Lipinski definition) is 1. The predicted octanol–water partition coefficient (Wildman–Crippen LogP) is 3.75. The Morgan fingerprint density at radius 3 is 2.50 bits per heavy atom. The van der Waals surface area contributed by atoms with Crippen molar-refractivity contribution >= 4 is 17.6 Å². The Balaban J connectivity index is 1.59. The highest BCUT2D eigenvalue weighted by Crippen LogP contribution is 2.26. The Morgan fingerprint density at radius 1 is 1.18 bits per heavy atom. The van der Waals surface area contributed by atoms with E-state index in [1.54, 1.807) is 4.90 Å². The number of rotatable bonds is 4. The van der Waals surface area contributed by atoms with Crippen molar-refractivity contribution in [2.75, 3.05) is 18.4 Å². The van der Waals surface area contributed by atoms with E-state index in [1.165, 1.54) is 25.3 Å². The monoisotopic (exact) mass is 391 g/mol. The minimum atomic E-state index is -1.27. The minimum absolute atomic E-state index is 0.0433. The van der Waals surface area contributed by atoms with Gasteiger partial charge in [-0.3, -0.25) is 9.59 Å². The second-order valence-corrected chi connectivity index (χ2v) is 6.88. The molecule has 0 bridgehead atoms. The van der Waals surface area contributed by atoms with Crippen LogP contribution in [0.2, 0.25) is 0 Å². The molecular weight excluding hydrogens is 371 g/mol. The van der Waals surface area contributed by atoms with Gasteiger partial charge in [0.25, 0.3) is 0 Å². The van der Waals surface area contributed by atoms with Crippen LogP contribution in [0.25, 0.3) is 11.1 Å². The van der Waals surface area contributed by atoms with Crippen molar-refractivity contribution in [2.24, 2.45) is 5.92 Å². The highest BCUT2D eigenvalue weighted by Gasteiger charge is 2.23. The highest BCUT2D eigenvalue weighted by atomic mass is 19.2. The van der Waals surface area contributed by atoms with Gasteiger partial charge in [-0.1, -0.05) is 0 Å². The standard InChI is InChI=1S/C20H20F3N3O2/c1-12(27)26-6-4-13(5-7-26)8-19(28)25-18-3-2-14(11-24-18)16-9-15(21)10-17(22)20(16)23/h2-3,9-11,13H,4-8H2,1H3,(H,24,25,28). The summed E-state index contributed by atoms with van der Waals surface area (Å²) in [7, 11) is 0. The fourth-order valence-electron chi connectivity index (χ4n) is 3.30. The first kappa shape index (κ1) is 19.9. The summed E-state index contributed by atoms with van der Waals surface area (Å²) in [4.78, 5) is 29.3. The van der Waals surface area contributed by atoms with E-state index in [4.69, 9.17) is 0 Å². The number of piperidine rings is 1. The Labute approximate surface area is 160 Å². The molecule has 5 nitrogen and oxygen atoms in total. The topological polar surface area (TPSA) is 62.3 Å². The van der Waals surface area contributed by atoms with Gasteiger partial charge in [0.1, 0.15) is 11.6 Å². The summed E-state index contributed by atoms with van der Waals surface area (Å²) in [5.41, 5.74) is -0.0365. The summed E-state index contributed by atoms with van der Waals surface area (Å²) in [6.07, 6.45) is 3.10. The van der Waals surface area contributed by atoms with Crippen molar-refractivity contribution in [1.29, 1.82) is 0 Å². The maximum atomic E-state index is 13.9. The summed E-state index contributed by atoms with van der Waals surface area (Å²) in [6, 6.07) is 4.25. The zero-order chi connectivity index (χ0) is 20.3. The van der Waals surface area contributed by atoms with Gasteiger partial charge in [-0.05, 0) is 37.0 Å². The van der Waals surface area contributed by atoms with Gasteiger partial charge in [-0.2, -0.15) is 0 Å². The van der Waals surface area contributed by atoms with Crippen LogP contribution >= 0.6 is 0 Å². The Kier molecular flexibility index (Phi) is 5.96. The molecule has 0 spiro atoms. The molecule has 2 aromatic rings. The SMILES string of the molecule is CC(=O)N1CCC(CC(=O)Nc2ccc(-c3cc(F)cc(F)c3F)cn2)CC1. The Bertz CT molecular complexity index is 879. The van der Waals surface area contributed by atoms with Crippen LogP contribution in [0, 0.1) is 23.4 Å². The van der Waals surface area contributed by atoms with Gasteiger partial charge in [0, 0.05) is 49.8 Å². The fourth-order valence-corrected chi connectivity index (χ4v) is 3.30. The van der Waals surface area contributed by atoms with Crippen LogP contribution < -0.4 is 5.32 Å². The minimum Gasteiger partial charge on any atom is -0.343 e. The maximum absolute atomic E-state index is 13.9. The molecule has 1 aromatic carbocycles. The van der Waals surface area contributed by atoms with Gasteiger partial charge < -0.3 is 10.2 Å². The van der Waals surface area contributed by atoms with Gasteiger partial charge in [0.05, 0.1) is 0 Å². The van der Waals surface area contributed by atoms with Gasteiger partial charge in [-0.25, -0.2) is 18.2 Å². The number of nitrogens with zero attached hydrogens (tertiary/aromatic N) is 2. The van der Waals surface area contributed by atoms with Crippen LogP contribution in [0.1, 0.15) is 26.2 Å². The van der Waals surface area contributed by atoms with Crippen molar-refractivity contribution in [3.63, 3.8) is 0 Å². The van der Waals surface area contributed by atoms with Gasteiger partial charge in [0.2, 0.25) is 11.8 Å². The van der Waals surface area contributed by atoms with Crippen molar-refractivity contribution in [3.8, 4) is 11.1 Å². The second kappa shape index (κ2) is 8.41. The molecule has 3 rings (SSSR count). The number of aromatic nitrogens is 1. The van der Waals surface area contributed by atoms with Crippen molar-refractivity contribution in [2.45, 2.75) is 26.2 Å². The smallest absolute Gasteiger partial charge is 0.225 e. The molecule has 0 saturated carbocycles. The average molecular weight is 391 g/mol.